The maximum atomic E-state index is 11.9. The van der Waals surface area contributed by atoms with Crippen molar-refractivity contribution in [2.45, 2.75) is 20.3 Å². The fraction of sp³-hybridized carbons (Fsp3) is 0.467. The number of rotatable bonds is 5. The van der Waals surface area contributed by atoms with Crippen LogP contribution in [0.1, 0.15) is 20.3 Å². The van der Waals surface area contributed by atoms with Gasteiger partial charge in [-0.2, -0.15) is 0 Å². The lowest BCUT2D eigenvalue weighted by Gasteiger charge is -2.14. The Hall–Kier alpha value is -2.04. The molecule has 1 saturated heterocycles. The number of nitrogens with zero attached hydrogens (tertiary/aromatic N) is 1. The van der Waals surface area contributed by atoms with Crippen molar-refractivity contribution in [1.82, 2.24) is 4.90 Å². The summed E-state index contributed by atoms with van der Waals surface area (Å²) in [7, 11) is 0. The van der Waals surface area contributed by atoms with Crippen LogP contribution in [0.4, 0.5) is 5.69 Å². The summed E-state index contributed by atoms with van der Waals surface area (Å²) in [6.45, 7) is 4.46. The van der Waals surface area contributed by atoms with Crippen LogP contribution in [0.3, 0.4) is 0 Å². The second-order valence-electron chi connectivity index (χ2n) is 5.18. The first-order valence-corrected chi connectivity index (χ1v) is 6.84. The largest absolute Gasteiger partial charge is 0.493 e. The molecule has 0 bridgehead atoms. The Kier molecular flexibility index (Phi) is 4.27. The summed E-state index contributed by atoms with van der Waals surface area (Å²) in [6, 6.07) is 7.18. The van der Waals surface area contributed by atoms with Gasteiger partial charge in [0, 0.05) is 30.1 Å². The number of likely N-dealkylation sites (tertiary alicyclic amines) is 1. The van der Waals surface area contributed by atoms with E-state index in [2.05, 4.69) is 0 Å². The zero-order valence-electron chi connectivity index (χ0n) is 11.8. The zero-order valence-corrected chi connectivity index (χ0v) is 11.8. The van der Waals surface area contributed by atoms with Crippen molar-refractivity contribution in [1.29, 1.82) is 0 Å². The molecule has 1 aromatic carbocycles. The Balaban J connectivity index is 1.79. The molecule has 108 valence electrons. The maximum absolute atomic E-state index is 11.9. The average molecular weight is 276 g/mol. The van der Waals surface area contributed by atoms with Gasteiger partial charge in [0.25, 0.3) is 0 Å². The van der Waals surface area contributed by atoms with Crippen LogP contribution >= 0.6 is 0 Å². The van der Waals surface area contributed by atoms with E-state index in [1.165, 1.54) is 4.90 Å². The molecule has 0 aliphatic carbocycles. The van der Waals surface area contributed by atoms with E-state index in [0.717, 1.165) is 0 Å². The Morgan fingerprint density at radius 2 is 1.85 bits per heavy atom. The predicted octanol–water partition coefficient (Wildman–Crippen LogP) is 1.68. The first kappa shape index (κ1) is 14.4. The lowest BCUT2D eigenvalue weighted by Crippen LogP contribution is -2.32. The molecule has 1 aliphatic rings. The number of hydrogen-bond acceptors (Lipinski definition) is 4. The van der Waals surface area contributed by atoms with E-state index in [0.29, 0.717) is 31.0 Å². The molecule has 2 rings (SSSR count). The molecule has 0 spiro atoms. The van der Waals surface area contributed by atoms with E-state index in [-0.39, 0.29) is 23.7 Å². The molecule has 2 N–H and O–H groups in total. The highest BCUT2D eigenvalue weighted by molar-refractivity contribution is 6.04. The summed E-state index contributed by atoms with van der Waals surface area (Å²) < 4.78 is 5.54. The summed E-state index contributed by atoms with van der Waals surface area (Å²) in [5, 5.41) is 0. The number of hydrogen-bond donors (Lipinski definition) is 1. The van der Waals surface area contributed by atoms with Crippen molar-refractivity contribution >= 4 is 17.5 Å². The van der Waals surface area contributed by atoms with Crippen LogP contribution in [-0.2, 0) is 9.59 Å². The van der Waals surface area contributed by atoms with Gasteiger partial charge >= 0.3 is 0 Å². The monoisotopic (exact) mass is 276 g/mol. The summed E-state index contributed by atoms with van der Waals surface area (Å²) in [5.74, 6) is 0.124. The number of nitrogens with two attached hydrogens (primary N) is 1. The molecule has 0 saturated carbocycles. The molecular formula is C15H20N2O3. The van der Waals surface area contributed by atoms with Gasteiger partial charge in [-0.1, -0.05) is 19.9 Å². The van der Waals surface area contributed by atoms with Crippen molar-refractivity contribution in [2.24, 2.45) is 11.8 Å². The van der Waals surface area contributed by atoms with Crippen LogP contribution < -0.4 is 10.5 Å². The highest BCUT2D eigenvalue weighted by atomic mass is 16.5. The van der Waals surface area contributed by atoms with Gasteiger partial charge in [0.05, 0.1) is 6.61 Å². The van der Waals surface area contributed by atoms with Crippen LogP contribution in [0, 0.1) is 11.8 Å². The van der Waals surface area contributed by atoms with Crippen molar-refractivity contribution in [2.75, 3.05) is 18.9 Å². The fourth-order valence-corrected chi connectivity index (χ4v) is 2.27. The molecule has 5 nitrogen and oxygen atoms in total. The van der Waals surface area contributed by atoms with Gasteiger partial charge in [0.2, 0.25) is 11.8 Å². The number of imide groups is 1. The third-order valence-electron chi connectivity index (χ3n) is 3.71. The van der Waals surface area contributed by atoms with Gasteiger partial charge < -0.3 is 10.5 Å². The highest BCUT2D eigenvalue weighted by Crippen LogP contribution is 2.25. The Morgan fingerprint density at radius 1 is 1.20 bits per heavy atom. The van der Waals surface area contributed by atoms with E-state index in [1.807, 2.05) is 12.1 Å². The number of benzene rings is 1. The minimum Gasteiger partial charge on any atom is -0.493 e. The SMILES string of the molecule is CC1C(=O)N(CCCOc2cccc(N)c2)C(=O)C1C. The number of amides is 2. The molecule has 0 radical (unpaired) electrons. The third kappa shape index (κ3) is 2.92. The Morgan fingerprint density at radius 3 is 2.45 bits per heavy atom. The van der Waals surface area contributed by atoms with Crippen molar-refractivity contribution in [3.63, 3.8) is 0 Å². The number of carbonyl (C=O) groups excluding carboxylic acids is 2. The molecule has 1 fully saturated rings. The Bertz CT molecular complexity index is 496. The molecule has 0 aromatic heterocycles. The fourth-order valence-electron chi connectivity index (χ4n) is 2.27. The second kappa shape index (κ2) is 5.94. The first-order valence-electron chi connectivity index (χ1n) is 6.84. The second-order valence-corrected chi connectivity index (χ2v) is 5.18. The summed E-state index contributed by atoms with van der Waals surface area (Å²) in [5.41, 5.74) is 6.30. The minimum absolute atomic E-state index is 0.0774. The average Bonchev–Trinajstić information content (AvgIpc) is 2.60. The topological polar surface area (TPSA) is 72.6 Å². The van der Waals surface area contributed by atoms with E-state index in [4.69, 9.17) is 10.5 Å². The van der Waals surface area contributed by atoms with Gasteiger partial charge in [0.1, 0.15) is 5.75 Å². The van der Waals surface area contributed by atoms with E-state index < -0.39 is 0 Å². The maximum Gasteiger partial charge on any atom is 0.232 e. The number of anilines is 1. The van der Waals surface area contributed by atoms with Crippen LogP contribution in [0.15, 0.2) is 24.3 Å². The van der Waals surface area contributed by atoms with Gasteiger partial charge in [-0.15, -0.1) is 0 Å². The van der Waals surface area contributed by atoms with Crippen molar-refractivity contribution in [3.8, 4) is 5.75 Å². The van der Waals surface area contributed by atoms with Crippen LogP contribution in [-0.4, -0.2) is 29.9 Å². The van der Waals surface area contributed by atoms with Gasteiger partial charge in [-0.05, 0) is 18.6 Å². The number of ether oxygens (including phenoxy) is 1. The number of nitrogen functional groups attached to an aromatic ring is 1. The van der Waals surface area contributed by atoms with E-state index in [9.17, 15) is 9.59 Å². The molecule has 1 aromatic rings. The lowest BCUT2D eigenvalue weighted by atomic mass is 10.00. The molecular weight excluding hydrogens is 256 g/mol. The lowest BCUT2D eigenvalue weighted by molar-refractivity contribution is -0.139. The smallest absolute Gasteiger partial charge is 0.232 e. The normalized spacial score (nSPS) is 22.4. The molecule has 1 heterocycles. The predicted molar refractivity (Wildman–Crippen MR) is 76.0 cm³/mol. The Labute approximate surface area is 118 Å². The summed E-state index contributed by atoms with van der Waals surface area (Å²) in [4.78, 5) is 25.1. The summed E-state index contributed by atoms with van der Waals surface area (Å²) in [6.07, 6.45) is 0.617. The first-order chi connectivity index (χ1) is 9.50. The number of carbonyl (C=O) groups is 2. The van der Waals surface area contributed by atoms with Crippen LogP contribution in [0.25, 0.3) is 0 Å². The quantitative estimate of drug-likeness (QED) is 0.504. The van der Waals surface area contributed by atoms with Gasteiger partial charge in [-0.25, -0.2) is 0 Å². The van der Waals surface area contributed by atoms with Crippen molar-refractivity contribution in [3.05, 3.63) is 24.3 Å². The third-order valence-corrected chi connectivity index (χ3v) is 3.71. The molecule has 1 aliphatic heterocycles. The molecule has 20 heavy (non-hydrogen) atoms. The van der Waals surface area contributed by atoms with Crippen LogP contribution in [0.2, 0.25) is 0 Å². The summed E-state index contributed by atoms with van der Waals surface area (Å²) >= 11 is 0. The highest BCUT2D eigenvalue weighted by Gasteiger charge is 2.41. The minimum atomic E-state index is -0.211. The molecule has 2 atom stereocenters. The zero-order chi connectivity index (χ0) is 14.7. The molecule has 2 unspecified atom stereocenters. The van der Waals surface area contributed by atoms with Gasteiger partial charge in [-0.3, -0.25) is 14.5 Å². The van der Waals surface area contributed by atoms with Crippen molar-refractivity contribution < 1.29 is 14.3 Å². The standard InChI is InChI=1S/C15H20N2O3/c1-10-11(2)15(19)17(14(10)18)7-4-8-20-13-6-3-5-12(16)9-13/h3,5-6,9-11H,4,7-8,16H2,1-2H3. The van der Waals surface area contributed by atoms with Gasteiger partial charge in [0.15, 0.2) is 0 Å². The van der Waals surface area contributed by atoms with E-state index in [1.54, 1.807) is 26.0 Å². The van der Waals surface area contributed by atoms with Crippen LogP contribution in [0.5, 0.6) is 5.75 Å². The molecule has 5 heteroatoms. The van der Waals surface area contributed by atoms with E-state index >= 15 is 0 Å². The molecule has 2 amide bonds.